The molecule has 0 atom stereocenters. The molecule has 1 saturated heterocycles. The second-order valence-corrected chi connectivity index (χ2v) is 10.2. The molecule has 0 spiro atoms. The maximum Gasteiger partial charge on any atom is 0.419 e. The van der Waals surface area contributed by atoms with Gasteiger partial charge in [0.1, 0.15) is 23.5 Å². The van der Waals surface area contributed by atoms with Gasteiger partial charge in [0.25, 0.3) is 6.01 Å². The van der Waals surface area contributed by atoms with Crippen LogP contribution in [0, 0.1) is 6.01 Å². The third-order valence-electron chi connectivity index (χ3n) is 5.99. The van der Waals surface area contributed by atoms with Gasteiger partial charge < -0.3 is 18.8 Å². The van der Waals surface area contributed by atoms with E-state index < -0.39 is 29.4 Å². The normalized spacial score (nSPS) is 15.4. The minimum Gasteiger partial charge on any atom is -0.488 e. The van der Waals surface area contributed by atoms with Gasteiger partial charge in [-0.1, -0.05) is 29.8 Å². The third-order valence-corrected chi connectivity index (χ3v) is 6.32. The van der Waals surface area contributed by atoms with E-state index >= 15 is 0 Å². The number of furan rings is 1. The number of nitrogens with zero attached hydrogens (tertiary/aromatic N) is 1. The number of carbonyl (C=O) groups excluding carboxylic acids is 1. The lowest BCUT2D eigenvalue weighted by Crippen LogP contribution is -2.41. The van der Waals surface area contributed by atoms with E-state index in [2.05, 4.69) is 0 Å². The van der Waals surface area contributed by atoms with Crippen LogP contribution in [0.1, 0.15) is 56.2 Å². The summed E-state index contributed by atoms with van der Waals surface area (Å²) in [5, 5.41) is 0.573. The molecule has 1 aromatic heterocycles. The molecular formula is C26H26ClF4NO4. The molecule has 1 fully saturated rings. The maximum absolute atomic E-state index is 13.9. The number of halogens is 5. The first-order chi connectivity index (χ1) is 16.8. The Bertz CT molecular complexity index is 1260. The summed E-state index contributed by atoms with van der Waals surface area (Å²) >= 11 is 6.09. The van der Waals surface area contributed by atoms with Gasteiger partial charge >= 0.3 is 12.3 Å². The van der Waals surface area contributed by atoms with E-state index in [0.29, 0.717) is 42.4 Å². The zero-order valence-electron chi connectivity index (χ0n) is 20.0. The fraction of sp³-hybridized carbons (Fsp3) is 0.423. The largest absolute Gasteiger partial charge is 0.488 e. The molecular weight excluding hydrogens is 502 g/mol. The Morgan fingerprint density at radius 3 is 2.47 bits per heavy atom. The predicted octanol–water partition coefficient (Wildman–Crippen LogP) is 7.94. The van der Waals surface area contributed by atoms with E-state index in [-0.39, 0.29) is 28.9 Å². The Balaban J connectivity index is 1.59. The van der Waals surface area contributed by atoms with Crippen LogP contribution in [-0.4, -0.2) is 29.7 Å². The summed E-state index contributed by atoms with van der Waals surface area (Å²) in [6.45, 7) is 5.73. The van der Waals surface area contributed by atoms with Crippen LogP contribution in [0.2, 0.25) is 5.02 Å². The lowest BCUT2D eigenvalue weighted by molar-refractivity contribution is -0.139. The van der Waals surface area contributed by atoms with Crippen LogP contribution in [0.4, 0.5) is 22.4 Å². The molecule has 194 valence electrons. The van der Waals surface area contributed by atoms with E-state index in [1.54, 1.807) is 31.7 Å². The number of hydrogen-bond acceptors (Lipinski definition) is 4. The van der Waals surface area contributed by atoms with Crippen LogP contribution in [0.3, 0.4) is 0 Å². The van der Waals surface area contributed by atoms with Gasteiger partial charge in [-0.3, -0.25) is 0 Å². The second-order valence-electron chi connectivity index (χ2n) is 9.75. The molecule has 36 heavy (non-hydrogen) atoms. The van der Waals surface area contributed by atoms with Crippen molar-refractivity contribution in [3.05, 3.63) is 64.1 Å². The van der Waals surface area contributed by atoms with Crippen molar-refractivity contribution in [3.8, 4) is 5.75 Å². The highest BCUT2D eigenvalue weighted by molar-refractivity contribution is 6.35. The first-order valence-corrected chi connectivity index (χ1v) is 11.9. The molecule has 10 heteroatoms. The van der Waals surface area contributed by atoms with Crippen molar-refractivity contribution >= 4 is 28.7 Å². The highest BCUT2D eigenvalue weighted by Gasteiger charge is 2.37. The Morgan fingerprint density at radius 2 is 1.83 bits per heavy atom. The number of rotatable bonds is 4. The minimum atomic E-state index is -4.64. The summed E-state index contributed by atoms with van der Waals surface area (Å²) in [6.07, 6.45) is -4.19. The summed E-state index contributed by atoms with van der Waals surface area (Å²) in [5.74, 6) is -0.539. The van der Waals surface area contributed by atoms with Gasteiger partial charge in [-0.05, 0) is 57.2 Å². The Kier molecular flexibility index (Phi) is 7.14. The fourth-order valence-electron chi connectivity index (χ4n) is 4.34. The molecule has 2 aromatic carbocycles. The number of benzene rings is 2. The quantitative estimate of drug-likeness (QED) is 0.323. The SMILES string of the molecule is CC(C)(C)OC(=O)N1CCC(c2cccc(C(F)(F)F)c2OCc2ccc(Cl)c3cc(F)oc23)CC1. The minimum absolute atomic E-state index is 0.122. The molecule has 0 aliphatic carbocycles. The number of hydrogen-bond donors (Lipinski definition) is 0. The molecule has 0 N–H and O–H groups in total. The van der Waals surface area contributed by atoms with Crippen LogP contribution in [0.5, 0.6) is 5.75 Å². The first kappa shape index (κ1) is 26.1. The number of para-hydroxylation sites is 1. The van der Waals surface area contributed by atoms with Crippen molar-refractivity contribution in [2.45, 2.75) is 57.9 Å². The second kappa shape index (κ2) is 9.84. The Labute approximate surface area is 210 Å². The number of piperidine rings is 1. The highest BCUT2D eigenvalue weighted by Crippen LogP contribution is 2.43. The number of likely N-dealkylation sites (tertiary alicyclic amines) is 1. The first-order valence-electron chi connectivity index (χ1n) is 11.5. The summed E-state index contributed by atoms with van der Waals surface area (Å²) in [4.78, 5) is 13.9. The van der Waals surface area contributed by atoms with Crippen LogP contribution >= 0.6 is 11.6 Å². The van der Waals surface area contributed by atoms with E-state index in [4.69, 9.17) is 25.5 Å². The Morgan fingerprint density at radius 1 is 1.14 bits per heavy atom. The molecule has 2 heterocycles. The molecule has 3 aromatic rings. The summed E-state index contributed by atoms with van der Waals surface area (Å²) in [6, 6.07) is 7.25. The standard InChI is InChI=1S/C26H26ClF4NO4/c1-25(2,3)36-24(33)32-11-9-15(10-12-32)17-5-4-6-19(26(29,30)31)23(17)34-14-16-7-8-20(27)18-13-21(28)35-22(16)18/h4-8,13,15H,9-12,14H2,1-3H3. The maximum atomic E-state index is 13.9. The van der Waals surface area contributed by atoms with Crippen LogP contribution < -0.4 is 4.74 Å². The molecule has 0 bridgehead atoms. The van der Waals surface area contributed by atoms with Gasteiger partial charge in [0.05, 0.1) is 10.6 Å². The smallest absolute Gasteiger partial charge is 0.419 e. The van der Waals surface area contributed by atoms with Crippen molar-refractivity contribution in [2.75, 3.05) is 13.1 Å². The van der Waals surface area contributed by atoms with Crippen LogP contribution in [0.25, 0.3) is 11.0 Å². The summed E-state index contributed by atoms with van der Waals surface area (Å²) in [5.41, 5.74) is -0.646. The van der Waals surface area contributed by atoms with Gasteiger partial charge in [0.15, 0.2) is 0 Å². The lowest BCUT2D eigenvalue weighted by Gasteiger charge is -2.34. The Hall–Kier alpha value is -2.94. The fourth-order valence-corrected chi connectivity index (χ4v) is 4.54. The number of alkyl halides is 3. The monoisotopic (exact) mass is 527 g/mol. The van der Waals surface area contributed by atoms with E-state index in [9.17, 15) is 22.4 Å². The summed E-state index contributed by atoms with van der Waals surface area (Å²) < 4.78 is 71.7. The molecule has 0 saturated carbocycles. The zero-order chi connectivity index (χ0) is 26.3. The van der Waals surface area contributed by atoms with Gasteiger partial charge in [-0.15, -0.1) is 0 Å². The molecule has 5 nitrogen and oxygen atoms in total. The topological polar surface area (TPSA) is 51.9 Å². The lowest BCUT2D eigenvalue weighted by atomic mass is 9.87. The number of ether oxygens (including phenoxy) is 2. The summed E-state index contributed by atoms with van der Waals surface area (Å²) in [7, 11) is 0. The highest BCUT2D eigenvalue weighted by atomic mass is 35.5. The van der Waals surface area contributed by atoms with Gasteiger partial charge in [0, 0.05) is 30.1 Å². The average molecular weight is 528 g/mol. The van der Waals surface area contributed by atoms with Crippen molar-refractivity contribution < 1.29 is 36.2 Å². The van der Waals surface area contributed by atoms with Gasteiger partial charge in [-0.25, -0.2) is 4.79 Å². The van der Waals surface area contributed by atoms with Crippen LogP contribution in [0.15, 0.2) is 40.8 Å². The van der Waals surface area contributed by atoms with Gasteiger partial charge in [0.2, 0.25) is 0 Å². The molecule has 1 aliphatic heterocycles. The van der Waals surface area contributed by atoms with E-state index in [1.807, 2.05) is 0 Å². The van der Waals surface area contributed by atoms with E-state index in [1.165, 1.54) is 18.2 Å². The molecule has 1 amide bonds. The third kappa shape index (κ3) is 5.72. The predicted molar refractivity (Wildman–Crippen MR) is 127 cm³/mol. The van der Waals surface area contributed by atoms with Crippen LogP contribution in [-0.2, 0) is 17.5 Å². The molecule has 0 unspecified atom stereocenters. The number of amides is 1. The zero-order valence-corrected chi connectivity index (χ0v) is 20.8. The van der Waals surface area contributed by atoms with Crippen molar-refractivity contribution in [1.29, 1.82) is 0 Å². The van der Waals surface area contributed by atoms with Crippen molar-refractivity contribution in [2.24, 2.45) is 0 Å². The molecule has 0 radical (unpaired) electrons. The van der Waals surface area contributed by atoms with Crippen molar-refractivity contribution in [3.63, 3.8) is 0 Å². The van der Waals surface area contributed by atoms with E-state index in [0.717, 1.165) is 12.1 Å². The van der Waals surface area contributed by atoms with Gasteiger partial charge in [-0.2, -0.15) is 17.6 Å². The molecule has 4 rings (SSSR count). The van der Waals surface area contributed by atoms with Crippen molar-refractivity contribution in [1.82, 2.24) is 4.90 Å². The number of fused-ring (bicyclic) bond motifs is 1. The molecule has 1 aliphatic rings. The number of carbonyl (C=O) groups is 1. The average Bonchev–Trinajstić information content (AvgIpc) is 3.19.